The number of rotatable bonds is 10. The molecule has 7 rings (SSSR count). The van der Waals surface area contributed by atoms with E-state index in [-0.39, 0.29) is 12.1 Å². The molecule has 14 nitrogen and oxygen atoms in total. The summed E-state index contributed by atoms with van der Waals surface area (Å²) >= 11 is 0. The van der Waals surface area contributed by atoms with E-state index in [2.05, 4.69) is 59.6 Å². The van der Waals surface area contributed by atoms with Crippen LogP contribution in [-0.2, 0) is 18.3 Å². The highest BCUT2D eigenvalue weighted by Gasteiger charge is 2.26. The highest BCUT2D eigenvalue weighted by atomic mass is 16.5. The standard InChI is InChI=1S/C31H40N12O2/c1-39-9-11-41(12-10-39)13-15-44-26-5-3-23(4-6-26)24-17-33-31(34-18-24)42-14-16-45-27(22-42)7-8-43-30-29(37-38-43)32-20-28(36-30)25-19-35-40(2)21-25/h3-6,17-21,27-28,36H,7-16,22H2,1-2H3/t27-,28?/m1/s1. The number of hydrogen-bond acceptors (Lipinski definition) is 12. The second-order valence-corrected chi connectivity index (χ2v) is 11.8. The zero-order chi connectivity index (χ0) is 30.6. The quantitative estimate of drug-likeness (QED) is 0.283. The number of benzene rings is 1. The Balaban J connectivity index is 0.898. The number of hydrogen-bond donors (Lipinski definition) is 1. The molecule has 3 aromatic heterocycles. The largest absolute Gasteiger partial charge is 0.492 e. The molecule has 45 heavy (non-hydrogen) atoms. The van der Waals surface area contributed by atoms with Crippen LogP contribution in [0, 0.1) is 0 Å². The Labute approximate surface area is 262 Å². The normalized spacial score (nSPS) is 20.6. The highest BCUT2D eigenvalue weighted by Crippen LogP contribution is 2.31. The van der Waals surface area contributed by atoms with E-state index >= 15 is 0 Å². The van der Waals surface area contributed by atoms with Crippen LogP contribution in [-0.4, -0.2) is 123 Å². The average Bonchev–Trinajstić information content (AvgIpc) is 3.71. The summed E-state index contributed by atoms with van der Waals surface area (Å²) in [5.74, 6) is 3.00. The minimum absolute atomic E-state index is 0.0203. The number of ether oxygens (including phenoxy) is 2. The highest BCUT2D eigenvalue weighted by molar-refractivity contribution is 5.80. The van der Waals surface area contributed by atoms with E-state index in [0.717, 1.165) is 73.9 Å². The van der Waals surface area contributed by atoms with Crippen LogP contribution in [0.5, 0.6) is 5.75 Å². The van der Waals surface area contributed by atoms with Gasteiger partial charge in [-0.1, -0.05) is 17.3 Å². The van der Waals surface area contributed by atoms with Gasteiger partial charge in [-0.15, -0.1) is 5.10 Å². The Morgan fingerprint density at radius 1 is 0.956 bits per heavy atom. The Hall–Kier alpha value is -4.40. The molecule has 236 valence electrons. The number of likely N-dealkylation sites (N-methyl/N-ethyl adjacent to an activating group) is 1. The van der Waals surface area contributed by atoms with Crippen LogP contribution in [0.1, 0.15) is 18.0 Å². The summed E-state index contributed by atoms with van der Waals surface area (Å²) in [6, 6.07) is 8.10. The summed E-state index contributed by atoms with van der Waals surface area (Å²) in [7, 11) is 4.08. The van der Waals surface area contributed by atoms with Crippen LogP contribution in [0.3, 0.4) is 0 Å². The van der Waals surface area contributed by atoms with Gasteiger partial charge in [0.25, 0.3) is 0 Å². The maximum Gasteiger partial charge on any atom is 0.225 e. The maximum absolute atomic E-state index is 6.10. The minimum atomic E-state index is -0.0755. The zero-order valence-electron chi connectivity index (χ0n) is 25.9. The van der Waals surface area contributed by atoms with Crippen LogP contribution in [0.2, 0.25) is 0 Å². The first-order valence-corrected chi connectivity index (χ1v) is 15.6. The number of nitrogens with one attached hydrogen (secondary N) is 1. The van der Waals surface area contributed by atoms with Crippen molar-refractivity contribution in [3.05, 3.63) is 54.6 Å². The van der Waals surface area contributed by atoms with E-state index < -0.39 is 0 Å². The molecular weight excluding hydrogens is 572 g/mol. The van der Waals surface area contributed by atoms with E-state index in [9.17, 15) is 0 Å². The van der Waals surface area contributed by atoms with Gasteiger partial charge in [-0.25, -0.2) is 19.6 Å². The van der Waals surface area contributed by atoms with Crippen LogP contribution in [0.4, 0.5) is 17.6 Å². The fraction of sp³-hybridized carbons (Fsp3) is 0.484. The molecule has 3 aliphatic heterocycles. The van der Waals surface area contributed by atoms with Crippen molar-refractivity contribution in [2.45, 2.75) is 25.1 Å². The number of morpholine rings is 1. The summed E-state index contributed by atoms with van der Waals surface area (Å²) in [4.78, 5) is 20.9. The van der Waals surface area contributed by atoms with Crippen LogP contribution in [0.25, 0.3) is 11.1 Å². The summed E-state index contributed by atoms with van der Waals surface area (Å²) in [5.41, 5.74) is 3.08. The molecule has 1 unspecified atom stereocenters. The Morgan fingerprint density at radius 3 is 2.56 bits per heavy atom. The molecule has 0 aliphatic carbocycles. The molecule has 0 saturated carbocycles. The first kappa shape index (κ1) is 29.3. The monoisotopic (exact) mass is 612 g/mol. The van der Waals surface area contributed by atoms with E-state index in [1.165, 1.54) is 0 Å². The van der Waals surface area contributed by atoms with Gasteiger partial charge in [0.2, 0.25) is 11.8 Å². The lowest BCUT2D eigenvalue weighted by atomic mass is 10.1. The van der Waals surface area contributed by atoms with Gasteiger partial charge in [0.1, 0.15) is 12.4 Å². The van der Waals surface area contributed by atoms with Gasteiger partial charge in [0.05, 0.1) is 24.9 Å². The number of aromatic nitrogens is 7. The molecule has 2 fully saturated rings. The van der Waals surface area contributed by atoms with Gasteiger partial charge in [0, 0.05) is 95.3 Å². The molecule has 14 heteroatoms. The first-order chi connectivity index (χ1) is 22.1. The molecule has 4 aromatic rings. The third-order valence-electron chi connectivity index (χ3n) is 8.62. The van der Waals surface area contributed by atoms with Gasteiger partial charge >= 0.3 is 0 Å². The summed E-state index contributed by atoms with van der Waals surface area (Å²) in [6.07, 6.45) is 10.2. The van der Waals surface area contributed by atoms with Crippen molar-refractivity contribution in [1.82, 2.24) is 44.5 Å². The fourth-order valence-corrected chi connectivity index (χ4v) is 5.87. The molecule has 6 heterocycles. The predicted octanol–water partition coefficient (Wildman–Crippen LogP) is 2.26. The smallest absolute Gasteiger partial charge is 0.225 e. The van der Waals surface area contributed by atoms with Gasteiger partial charge in [0.15, 0.2) is 5.82 Å². The second kappa shape index (κ2) is 13.3. The minimum Gasteiger partial charge on any atom is -0.492 e. The lowest BCUT2D eigenvalue weighted by Gasteiger charge is -2.33. The van der Waals surface area contributed by atoms with Crippen molar-refractivity contribution < 1.29 is 9.47 Å². The third-order valence-corrected chi connectivity index (χ3v) is 8.62. The Morgan fingerprint density at radius 2 is 1.78 bits per heavy atom. The molecule has 0 amide bonds. The van der Waals surface area contributed by atoms with Crippen molar-refractivity contribution >= 4 is 23.8 Å². The number of piperazine rings is 1. The number of fused-ring (bicyclic) bond motifs is 1. The number of aliphatic imine (C=N–C) groups is 1. The topological polar surface area (TPSA) is 127 Å². The molecule has 2 saturated heterocycles. The Bertz CT molecular complexity index is 1580. The molecule has 0 spiro atoms. The third kappa shape index (κ3) is 6.97. The SMILES string of the molecule is CN1CCN(CCOc2ccc(-c3cnc(N4CCO[C@H](CCn5nnc6c5NC(c5cnn(C)c5)C=N6)C4)nc3)cc2)CC1. The second-order valence-electron chi connectivity index (χ2n) is 11.8. The van der Waals surface area contributed by atoms with Gasteiger partial charge in [-0.05, 0) is 31.2 Å². The van der Waals surface area contributed by atoms with Crippen molar-refractivity contribution in [2.75, 3.05) is 76.3 Å². The lowest BCUT2D eigenvalue weighted by Crippen LogP contribution is -2.45. The number of aryl methyl sites for hydroxylation is 2. The van der Waals surface area contributed by atoms with Crippen LogP contribution in [0.15, 0.2) is 54.0 Å². The van der Waals surface area contributed by atoms with Crippen molar-refractivity contribution in [3.63, 3.8) is 0 Å². The van der Waals surface area contributed by atoms with E-state index in [1.54, 1.807) is 4.68 Å². The van der Waals surface area contributed by atoms with Gasteiger partial charge in [-0.3, -0.25) is 9.58 Å². The van der Waals surface area contributed by atoms with Crippen molar-refractivity contribution in [2.24, 2.45) is 12.0 Å². The molecule has 1 N–H and O–H groups in total. The van der Waals surface area contributed by atoms with Crippen LogP contribution < -0.4 is 15.0 Å². The van der Waals surface area contributed by atoms with E-state index in [0.29, 0.717) is 38.1 Å². The predicted molar refractivity (Wildman–Crippen MR) is 171 cm³/mol. The Kier molecular flexibility index (Phi) is 8.67. The molecule has 2 atom stereocenters. The summed E-state index contributed by atoms with van der Waals surface area (Å²) < 4.78 is 15.8. The fourth-order valence-electron chi connectivity index (χ4n) is 5.87. The van der Waals surface area contributed by atoms with Gasteiger partial charge < -0.3 is 24.6 Å². The average molecular weight is 613 g/mol. The summed E-state index contributed by atoms with van der Waals surface area (Å²) in [5, 5.41) is 16.3. The molecule has 3 aliphatic rings. The van der Waals surface area contributed by atoms with E-state index in [1.807, 2.05) is 54.9 Å². The number of nitrogens with zero attached hydrogens (tertiary/aromatic N) is 11. The summed E-state index contributed by atoms with van der Waals surface area (Å²) in [6.45, 7) is 8.82. The van der Waals surface area contributed by atoms with Crippen molar-refractivity contribution in [3.8, 4) is 16.9 Å². The molecule has 1 aromatic carbocycles. The molecule has 0 radical (unpaired) electrons. The maximum atomic E-state index is 6.10. The van der Waals surface area contributed by atoms with Crippen molar-refractivity contribution in [1.29, 1.82) is 0 Å². The van der Waals surface area contributed by atoms with Gasteiger partial charge in [-0.2, -0.15) is 5.10 Å². The number of anilines is 2. The van der Waals surface area contributed by atoms with E-state index in [4.69, 9.17) is 19.4 Å². The molecular formula is C31H40N12O2. The first-order valence-electron chi connectivity index (χ1n) is 15.6. The lowest BCUT2D eigenvalue weighted by molar-refractivity contribution is 0.0314. The van der Waals surface area contributed by atoms with Crippen LogP contribution >= 0.6 is 0 Å². The molecule has 0 bridgehead atoms. The zero-order valence-corrected chi connectivity index (χ0v) is 25.9.